The summed E-state index contributed by atoms with van der Waals surface area (Å²) in [5.74, 6) is 0.623. The average Bonchev–Trinajstić information content (AvgIpc) is 2.53. The maximum atomic E-state index is 12.5. The van der Waals surface area contributed by atoms with Crippen molar-refractivity contribution >= 4 is 6.09 Å². The van der Waals surface area contributed by atoms with Crippen molar-refractivity contribution in [3.63, 3.8) is 0 Å². The van der Waals surface area contributed by atoms with Gasteiger partial charge in [0.15, 0.2) is 0 Å². The zero-order valence-corrected chi connectivity index (χ0v) is 15.6. The van der Waals surface area contributed by atoms with Crippen LogP contribution in [0, 0.1) is 5.92 Å². The molecule has 0 radical (unpaired) electrons. The molecule has 1 aliphatic carbocycles. The molecule has 0 bridgehead atoms. The zero-order valence-electron chi connectivity index (χ0n) is 15.6. The van der Waals surface area contributed by atoms with E-state index in [1.165, 1.54) is 12.8 Å². The normalized spacial score (nSPS) is 32.3. The van der Waals surface area contributed by atoms with Gasteiger partial charge in [0, 0.05) is 37.9 Å². The average molecular weight is 338 g/mol. The monoisotopic (exact) mass is 338 g/mol. The molecule has 3 rings (SSSR count). The maximum Gasteiger partial charge on any atom is 0.410 e. The Morgan fingerprint density at radius 1 is 1.08 bits per heavy atom. The molecule has 3 atom stereocenters. The summed E-state index contributed by atoms with van der Waals surface area (Å²) < 4.78 is 11.1. The molecule has 0 aromatic heterocycles. The largest absolute Gasteiger partial charge is 0.444 e. The number of nitrogens with zero attached hydrogens (tertiary/aromatic N) is 1. The molecule has 138 valence electrons. The second-order valence-corrected chi connectivity index (χ2v) is 8.71. The predicted molar refractivity (Wildman–Crippen MR) is 94.1 cm³/mol. The van der Waals surface area contributed by atoms with Crippen molar-refractivity contribution in [1.29, 1.82) is 0 Å². The van der Waals surface area contributed by atoms with Gasteiger partial charge in [-0.05, 0) is 71.6 Å². The van der Waals surface area contributed by atoms with Crippen LogP contribution in [0.2, 0.25) is 0 Å². The number of rotatable bonds is 2. The van der Waals surface area contributed by atoms with Crippen LogP contribution in [-0.4, -0.2) is 54.5 Å². The van der Waals surface area contributed by atoms with Crippen LogP contribution in [0.4, 0.5) is 4.79 Å². The van der Waals surface area contributed by atoms with E-state index in [2.05, 4.69) is 5.32 Å². The number of amides is 1. The molecule has 3 aliphatic rings. The van der Waals surface area contributed by atoms with E-state index >= 15 is 0 Å². The van der Waals surface area contributed by atoms with E-state index in [9.17, 15) is 4.79 Å². The molecule has 0 aromatic carbocycles. The smallest absolute Gasteiger partial charge is 0.410 e. The molecule has 1 N–H and O–H groups in total. The number of fused-ring (bicyclic) bond motifs is 1. The third-order valence-electron chi connectivity index (χ3n) is 5.64. The summed E-state index contributed by atoms with van der Waals surface area (Å²) in [6.07, 6.45) is 7.96. The van der Waals surface area contributed by atoms with Gasteiger partial charge < -0.3 is 19.7 Å². The van der Waals surface area contributed by atoms with Crippen LogP contribution in [0.3, 0.4) is 0 Å². The van der Waals surface area contributed by atoms with Crippen molar-refractivity contribution in [2.75, 3.05) is 19.8 Å². The van der Waals surface area contributed by atoms with E-state index in [-0.39, 0.29) is 6.09 Å². The summed E-state index contributed by atoms with van der Waals surface area (Å²) in [5, 5.41) is 3.86. The van der Waals surface area contributed by atoms with Crippen LogP contribution in [0.1, 0.15) is 65.7 Å². The van der Waals surface area contributed by atoms with Crippen LogP contribution in [-0.2, 0) is 9.47 Å². The second kappa shape index (κ2) is 7.61. The Bertz CT molecular complexity index is 429. The van der Waals surface area contributed by atoms with Gasteiger partial charge >= 0.3 is 6.09 Å². The van der Waals surface area contributed by atoms with E-state index in [4.69, 9.17) is 9.47 Å². The van der Waals surface area contributed by atoms with Crippen molar-refractivity contribution in [2.45, 2.75) is 89.4 Å². The van der Waals surface area contributed by atoms with Gasteiger partial charge in [-0.1, -0.05) is 0 Å². The molecule has 0 aromatic rings. The summed E-state index contributed by atoms with van der Waals surface area (Å²) in [7, 11) is 0. The van der Waals surface area contributed by atoms with Gasteiger partial charge in [-0.25, -0.2) is 4.79 Å². The van der Waals surface area contributed by atoms with Gasteiger partial charge in [0.2, 0.25) is 0 Å². The van der Waals surface area contributed by atoms with Gasteiger partial charge in [-0.3, -0.25) is 0 Å². The number of carbonyl (C=O) groups excluding carboxylic acids is 1. The van der Waals surface area contributed by atoms with Crippen molar-refractivity contribution in [1.82, 2.24) is 10.2 Å². The Balaban J connectivity index is 1.54. The first-order valence-corrected chi connectivity index (χ1v) is 9.76. The summed E-state index contributed by atoms with van der Waals surface area (Å²) in [6.45, 7) is 8.48. The highest BCUT2D eigenvalue weighted by Gasteiger charge is 2.40. The lowest BCUT2D eigenvalue weighted by Crippen LogP contribution is -2.55. The first kappa shape index (κ1) is 18.0. The minimum atomic E-state index is -0.411. The van der Waals surface area contributed by atoms with Gasteiger partial charge in [0.05, 0.1) is 0 Å². The first-order valence-electron chi connectivity index (χ1n) is 9.76. The lowest BCUT2D eigenvalue weighted by molar-refractivity contribution is -0.0115. The topological polar surface area (TPSA) is 50.8 Å². The molecule has 2 heterocycles. The number of nitrogens with one attached hydrogen (secondary N) is 1. The van der Waals surface area contributed by atoms with Crippen molar-refractivity contribution in [3.8, 4) is 0 Å². The highest BCUT2D eigenvalue weighted by molar-refractivity contribution is 5.68. The fourth-order valence-corrected chi connectivity index (χ4v) is 4.55. The highest BCUT2D eigenvalue weighted by Crippen LogP contribution is 2.36. The zero-order chi connectivity index (χ0) is 17.2. The Labute approximate surface area is 146 Å². The molecule has 0 spiro atoms. The Hall–Kier alpha value is -0.810. The maximum absolute atomic E-state index is 12.5. The van der Waals surface area contributed by atoms with Gasteiger partial charge in [0.1, 0.15) is 5.60 Å². The van der Waals surface area contributed by atoms with Gasteiger partial charge in [-0.15, -0.1) is 0 Å². The molecule has 2 saturated heterocycles. The number of hydrogen-bond acceptors (Lipinski definition) is 4. The fraction of sp³-hybridized carbons (Fsp3) is 0.947. The first-order chi connectivity index (χ1) is 11.4. The molecule has 0 unspecified atom stereocenters. The number of ether oxygens (including phenoxy) is 2. The van der Waals surface area contributed by atoms with Crippen molar-refractivity contribution in [3.05, 3.63) is 0 Å². The van der Waals surface area contributed by atoms with Crippen LogP contribution >= 0.6 is 0 Å². The molecular formula is C19H34N2O3. The van der Waals surface area contributed by atoms with Crippen LogP contribution < -0.4 is 5.32 Å². The quantitative estimate of drug-likeness (QED) is 0.839. The fourth-order valence-electron chi connectivity index (χ4n) is 4.55. The number of likely N-dealkylation sites (tertiary alicyclic amines) is 1. The molecule has 5 nitrogen and oxygen atoms in total. The highest BCUT2D eigenvalue weighted by atomic mass is 16.6. The minimum Gasteiger partial charge on any atom is -0.444 e. The van der Waals surface area contributed by atoms with Gasteiger partial charge in [-0.2, -0.15) is 0 Å². The molecule has 2 aliphatic heterocycles. The lowest BCUT2D eigenvalue weighted by Gasteiger charge is -2.46. The molecular weight excluding hydrogens is 304 g/mol. The third-order valence-corrected chi connectivity index (χ3v) is 5.64. The van der Waals surface area contributed by atoms with E-state index in [0.29, 0.717) is 24.0 Å². The standard InChI is InChI=1S/C19H34N2O3/c1-19(2,3)24-18(22)21-10-4-5-14-13-16(6-7-17(14)21)20-15-8-11-23-12-9-15/h14-17,20H,4-13H2,1-3H3/t14-,16+,17+/m1/s1. The Kier molecular flexibility index (Phi) is 5.70. The Morgan fingerprint density at radius 2 is 1.83 bits per heavy atom. The summed E-state index contributed by atoms with van der Waals surface area (Å²) >= 11 is 0. The minimum absolute atomic E-state index is 0.118. The summed E-state index contributed by atoms with van der Waals surface area (Å²) in [5.41, 5.74) is -0.411. The molecule has 5 heteroatoms. The second-order valence-electron chi connectivity index (χ2n) is 8.71. The van der Waals surface area contributed by atoms with Crippen molar-refractivity contribution < 1.29 is 14.3 Å². The Morgan fingerprint density at radius 3 is 2.54 bits per heavy atom. The van der Waals surface area contributed by atoms with Crippen molar-refractivity contribution in [2.24, 2.45) is 5.92 Å². The third kappa shape index (κ3) is 4.63. The number of piperidine rings is 1. The molecule has 1 saturated carbocycles. The lowest BCUT2D eigenvalue weighted by atomic mass is 9.76. The number of carbonyl (C=O) groups is 1. The van der Waals surface area contributed by atoms with Crippen LogP contribution in [0.15, 0.2) is 0 Å². The molecule has 1 amide bonds. The van der Waals surface area contributed by atoms with E-state index in [0.717, 1.165) is 51.9 Å². The van der Waals surface area contributed by atoms with E-state index in [1.54, 1.807) is 0 Å². The molecule has 24 heavy (non-hydrogen) atoms. The summed E-state index contributed by atoms with van der Waals surface area (Å²) in [4.78, 5) is 14.6. The number of hydrogen-bond donors (Lipinski definition) is 1. The van der Waals surface area contributed by atoms with E-state index < -0.39 is 5.60 Å². The van der Waals surface area contributed by atoms with E-state index in [1.807, 2.05) is 25.7 Å². The predicted octanol–water partition coefficient (Wildman–Crippen LogP) is 3.32. The van der Waals surface area contributed by atoms with Crippen LogP contribution in [0.5, 0.6) is 0 Å². The SMILES string of the molecule is CC(C)(C)OC(=O)N1CCC[C@@H]2C[C@@H](NC3CCOCC3)CC[C@@H]21. The molecule has 3 fully saturated rings. The summed E-state index contributed by atoms with van der Waals surface area (Å²) in [6, 6.07) is 1.60. The van der Waals surface area contributed by atoms with Gasteiger partial charge in [0.25, 0.3) is 0 Å². The van der Waals surface area contributed by atoms with Crippen LogP contribution in [0.25, 0.3) is 0 Å².